The quantitative estimate of drug-likeness (QED) is 0.841. The zero-order chi connectivity index (χ0) is 12.5. The predicted molar refractivity (Wildman–Crippen MR) is 69.7 cm³/mol. The van der Waals surface area contributed by atoms with Crippen molar-refractivity contribution in [1.82, 2.24) is 0 Å². The highest BCUT2D eigenvalue weighted by atomic mass is 16.1. The molecule has 1 aliphatic carbocycles. The van der Waals surface area contributed by atoms with Crippen LogP contribution in [0.1, 0.15) is 31.7 Å². The van der Waals surface area contributed by atoms with Gasteiger partial charge in [-0.05, 0) is 43.4 Å². The summed E-state index contributed by atoms with van der Waals surface area (Å²) in [6.07, 6.45) is 2.95. The van der Waals surface area contributed by atoms with Gasteiger partial charge in [0, 0.05) is 5.69 Å². The monoisotopic (exact) mass is 232 g/mol. The van der Waals surface area contributed by atoms with Crippen molar-refractivity contribution in [2.24, 2.45) is 11.7 Å². The summed E-state index contributed by atoms with van der Waals surface area (Å²) in [7, 11) is 0. The zero-order valence-corrected chi connectivity index (χ0v) is 10.5. The van der Waals surface area contributed by atoms with Crippen LogP contribution in [-0.2, 0) is 4.79 Å². The zero-order valence-electron chi connectivity index (χ0n) is 10.5. The Hall–Kier alpha value is -1.51. The van der Waals surface area contributed by atoms with Gasteiger partial charge in [0.2, 0.25) is 5.91 Å². The molecule has 1 aromatic carbocycles. The summed E-state index contributed by atoms with van der Waals surface area (Å²) in [5, 5.41) is 3.37. The van der Waals surface area contributed by atoms with E-state index < -0.39 is 5.54 Å². The third-order valence-corrected chi connectivity index (χ3v) is 3.87. The molecule has 1 saturated carbocycles. The van der Waals surface area contributed by atoms with Crippen molar-refractivity contribution >= 4 is 11.6 Å². The highest BCUT2D eigenvalue weighted by molar-refractivity contribution is 5.88. The molecule has 0 heterocycles. The van der Waals surface area contributed by atoms with Crippen LogP contribution < -0.4 is 11.1 Å². The largest absolute Gasteiger partial charge is 0.371 e. The Morgan fingerprint density at radius 2 is 2.29 bits per heavy atom. The number of hydrogen-bond acceptors (Lipinski definition) is 2. The smallest absolute Gasteiger partial charge is 0.243 e. The molecule has 1 aliphatic rings. The maximum Gasteiger partial charge on any atom is 0.243 e. The van der Waals surface area contributed by atoms with Gasteiger partial charge in [-0.15, -0.1) is 0 Å². The Morgan fingerprint density at radius 3 is 2.82 bits per heavy atom. The van der Waals surface area contributed by atoms with Gasteiger partial charge in [-0.1, -0.05) is 25.5 Å². The van der Waals surface area contributed by atoms with E-state index in [0.717, 1.165) is 24.9 Å². The average molecular weight is 232 g/mol. The van der Waals surface area contributed by atoms with Crippen molar-refractivity contribution in [2.75, 3.05) is 5.32 Å². The van der Waals surface area contributed by atoms with E-state index in [1.165, 1.54) is 5.56 Å². The van der Waals surface area contributed by atoms with Crippen molar-refractivity contribution < 1.29 is 4.79 Å². The first-order valence-corrected chi connectivity index (χ1v) is 6.19. The first kappa shape index (κ1) is 12.0. The highest BCUT2D eigenvalue weighted by Gasteiger charge is 2.45. The highest BCUT2D eigenvalue weighted by Crippen LogP contribution is 2.38. The Labute approximate surface area is 102 Å². The molecule has 3 N–H and O–H groups in total. The molecule has 0 aliphatic heterocycles. The second-order valence-corrected chi connectivity index (χ2v) is 5.12. The Balaban J connectivity index is 2.28. The number of primary amides is 1. The number of carbonyl (C=O) groups is 1. The number of carbonyl (C=O) groups excluding carboxylic acids is 1. The molecule has 0 aromatic heterocycles. The molecule has 3 nitrogen and oxygen atoms in total. The fourth-order valence-corrected chi connectivity index (χ4v) is 2.77. The molecule has 2 atom stereocenters. The van der Waals surface area contributed by atoms with Gasteiger partial charge in [0.1, 0.15) is 5.54 Å². The molecule has 0 bridgehead atoms. The number of nitrogens with one attached hydrogen (secondary N) is 1. The second kappa shape index (κ2) is 4.40. The molecule has 0 saturated heterocycles. The fourth-order valence-electron chi connectivity index (χ4n) is 2.77. The summed E-state index contributed by atoms with van der Waals surface area (Å²) in [5.41, 5.74) is 7.21. The van der Waals surface area contributed by atoms with E-state index in [1.807, 2.05) is 25.1 Å². The van der Waals surface area contributed by atoms with E-state index in [2.05, 4.69) is 18.3 Å². The van der Waals surface area contributed by atoms with Crippen molar-refractivity contribution in [2.45, 2.75) is 38.6 Å². The fraction of sp³-hybridized carbons (Fsp3) is 0.500. The minimum Gasteiger partial charge on any atom is -0.371 e. The predicted octanol–water partition coefficient (Wildman–Crippen LogP) is 2.45. The van der Waals surface area contributed by atoms with E-state index >= 15 is 0 Å². The van der Waals surface area contributed by atoms with Crippen molar-refractivity contribution in [3.05, 3.63) is 29.8 Å². The van der Waals surface area contributed by atoms with E-state index in [0.29, 0.717) is 5.92 Å². The minimum absolute atomic E-state index is 0.232. The van der Waals surface area contributed by atoms with E-state index in [9.17, 15) is 4.79 Å². The third-order valence-electron chi connectivity index (χ3n) is 3.87. The van der Waals surface area contributed by atoms with Crippen LogP contribution >= 0.6 is 0 Å². The van der Waals surface area contributed by atoms with Crippen molar-refractivity contribution in [1.29, 1.82) is 0 Å². The van der Waals surface area contributed by atoms with Gasteiger partial charge in [0.05, 0.1) is 0 Å². The van der Waals surface area contributed by atoms with Crippen LogP contribution in [0.5, 0.6) is 0 Å². The first-order valence-electron chi connectivity index (χ1n) is 6.19. The van der Waals surface area contributed by atoms with Crippen LogP contribution in [0.3, 0.4) is 0 Å². The summed E-state index contributed by atoms with van der Waals surface area (Å²) < 4.78 is 0. The molecule has 92 valence electrons. The number of anilines is 1. The molecule has 1 fully saturated rings. The van der Waals surface area contributed by atoms with E-state index in [4.69, 9.17) is 5.73 Å². The molecule has 17 heavy (non-hydrogen) atoms. The molecule has 1 amide bonds. The lowest BCUT2D eigenvalue weighted by Gasteiger charge is -2.32. The average Bonchev–Trinajstić information content (AvgIpc) is 2.61. The van der Waals surface area contributed by atoms with Crippen LogP contribution in [0.15, 0.2) is 24.3 Å². The molecule has 0 spiro atoms. The van der Waals surface area contributed by atoms with Gasteiger partial charge >= 0.3 is 0 Å². The normalized spacial score (nSPS) is 28.0. The standard InChI is InChI=1S/C14H20N2O/c1-10-5-3-7-12(9-10)16-14(13(15)17)8-4-6-11(14)2/h3,5,7,9,11,16H,4,6,8H2,1-2H3,(H2,15,17). The van der Waals surface area contributed by atoms with Crippen molar-refractivity contribution in [3.63, 3.8) is 0 Å². The van der Waals surface area contributed by atoms with Crippen LogP contribution in [0, 0.1) is 12.8 Å². The van der Waals surface area contributed by atoms with Crippen LogP contribution in [0.2, 0.25) is 0 Å². The minimum atomic E-state index is -0.562. The Kier molecular flexibility index (Phi) is 3.09. The van der Waals surface area contributed by atoms with Crippen LogP contribution in [-0.4, -0.2) is 11.4 Å². The maximum atomic E-state index is 11.8. The number of benzene rings is 1. The lowest BCUT2D eigenvalue weighted by molar-refractivity contribution is -0.123. The number of aryl methyl sites for hydroxylation is 1. The van der Waals surface area contributed by atoms with Gasteiger partial charge in [-0.25, -0.2) is 0 Å². The molecule has 3 heteroatoms. The van der Waals surface area contributed by atoms with Gasteiger partial charge in [0.25, 0.3) is 0 Å². The van der Waals surface area contributed by atoms with E-state index in [1.54, 1.807) is 0 Å². The third kappa shape index (κ3) is 2.14. The molecular formula is C14H20N2O. The van der Waals surface area contributed by atoms with Gasteiger partial charge in [-0.3, -0.25) is 4.79 Å². The summed E-state index contributed by atoms with van der Waals surface area (Å²) in [6.45, 7) is 4.14. The molecule has 1 aromatic rings. The molecule has 2 rings (SSSR count). The van der Waals surface area contributed by atoms with Crippen molar-refractivity contribution in [3.8, 4) is 0 Å². The van der Waals surface area contributed by atoms with E-state index in [-0.39, 0.29) is 5.91 Å². The van der Waals surface area contributed by atoms with Crippen LogP contribution in [0.4, 0.5) is 5.69 Å². The molecular weight excluding hydrogens is 212 g/mol. The van der Waals surface area contributed by atoms with Gasteiger partial charge in [-0.2, -0.15) is 0 Å². The van der Waals surface area contributed by atoms with Gasteiger partial charge < -0.3 is 11.1 Å². The molecule has 0 radical (unpaired) electrons. The SMILES string of the molecule is Cc1cccc(NC2(C(N)=O)CCCC2C)c1. The first-order chi connectivity index (χ1) is 8.04. The number of rotatable bonds is 3. The van der Waals surface area contributed by atoms with Crippen LogP contribution in [0.25, 0.3) is 0 Å². The number of hydrogen-bond donors (Lipinski definition) is 2. The Bertz CT molecular complexity index is 430. The number of nitrogens with two attached hydrogens (primary N) is 1. The maximum absolute atomic E-state index is 11.8. The molecule has 2 unspecified atom stereocenters. The lowest BCUT2D eigenvalue weighted by Crippen LogP contribution is -2.52. The topological polar surface area (TPSA) is 55.1 Å². The second-order valence-electron chi connectivity index (χ2n) is 5.12. The summed E-state index contributed by atoms with van der Waals surface area (Å²) in [5.74, 6) is 0.0597. The summed E-state index contributed by atoms with van der Waals surface area (Å²) in [4.78, 5) is 11.8. The Morgan fingerprint density at radius 1 is 1.53 bits per heavy atom. The summed E-state index contributed by atoms with van der Waals surface area (Å²) >= 11 is 0. The van der Waals surface area contributed by atoms with Gasteiger partial charge in [0.15, 0.2) is 0 Å². The lowest BCUT2D eigenvalue weighted by atomic mass is 9.87. The summed E-state index contributed by atoms with van der Waals surface area (Å²) in [6, 6.07) is 8.07. The number of amides is 1.